The molecule has 0 radical (unpaired) electrons. The molecule has 6 nitrogen and oxygen atoms in total. The highest BCUT2D eigenvalue weighted by Gasteiger charge is 2.21. The van der Waals surface area contributed by atoms with E-state index in [4.69, 9.17) is 15.7 Å². The summed E-state index contributed by atoms with van der Waals surface area (Å²) < 4.78 is 5.22. The number of morpholine rings is 1. The number of nitrogens with two attached hydrogens (primary N) is 1. The van der Waals surface area contributed by atoms with Gasteiger partial charge in [0.25, 0.3) is 0 Å². The fourth-order valence-electron chi connectivity index (χ4n) is 1.89. The Bertz CT molecular complexity index is 480. The molecule has 0 saturated carbocycles. The Morgan fingerprint density at radius 2 is 2.26 bits per heavy atom. The van der Waals surface area contributed by atoms with Crippen LogP contribution in [-0.2, 0) is 9.53 Å². The van der Waals surface area contributed by atoms with Crippen LogP contribution in [0.1, 0.15) is 0 Å². The molecule has 100 valence electrons. The molecule has 1 atom stereocenters. The van der Waals surface area contributed by atoms with E-state index in [1.54, 1.807) is 24.3 Å². The molecule has 0 spiro atoms. The standard InChI is InChI=1S/C13H16N4O2/c14-7-12-8-17(5-6-19-12)9-13(18)16-11-3-1-10(15)2-4-11/h1-4,12H,5-6,8-9,15H2,(H,16,18). The Balaban J connectivity index is 1.84. The van der Waals surface area contributed by atoms with Gasteiger partial charge in [-0.1, -0.05) is 0 Å². The van der Waals surface area contributed by atoms with Gasteiger partial charge in [0.15, 0.2) is 6.10 Å². The lowest BCUT2D eigenvalue weighted by atomic mass is 10.2. The molecule has 2 rings (SSSR count). The Morgan fingerprint density at radius 1 is 1.53 bits per heavy atom. The van der Waals surface area contributed by atoms with E-state index in [0.717, 1.165) is 0 Å². The third kappa shape index (κ3) is 3.95. The topological polar surface area (TPSA) is 91.4 Å². The number of benzene rings is 1. The van der Waals surface area contributed by atoms with Crippen molar-refractivity contribution in [3.63, 3.8) is 0 Å². The summed E-state index contributed by atoms with van der Waals surface area (Å²) in [6.45, 7) is 1.86. The fraction of sp³-hybridized carbons (Fsp3) is 0.385. The van der Waals surface area contributed by atoms with Crippen LogP contribution in [0.3, 0.4) is 0 Å². The third-order valence-electron chi connectivity index (χ3n) is 2.86. The summed E-state index contributed by atoms with van der Waals surface area (Å²) in [5, 5.41) is 11.6. The number of rotatable bonds is 3. The van der Waals surface area contributed by atoms with Gasteiger partial charge in [-0.3, -0.25) is 9.69 Å². The number of nitrogens with one attached hydrogen (secondary N) is 1. The molecule has 1 unspecified atom stereocenters. The molecule has 1 aromatic rings. The smallest absolute Gasteiger partial charge is 0.238 e. The predicted molar refractivity (Wildman–Crippen MR) is 71.3 cm³/mol. The highest BCUT2D eigenvalue weighted by molar-refractivity contribution is 5.92. The largest absolute Gasteiger partial charge is 0.399 e. The van der Waals surface area contributed by atoms with Crippen molar-refractivity contribution in [2.75, 3.05) is 37.3 Å². The van der Waals surface area contributed by atoms with Crippen LogP contribution < -0.4 is 11.1 Å². The summed E-state index contributed by atoms with van der Waals surface area (Å²) in [7, 11) is 0. The number of carbonyl (C=O) groups excluding carboxylic acids is 1. The van der Waals surface area contributed by atoms with E-state index in [9.17, 15) is 4.79 Å². The second kappa shape index (κ2) is 6.18. The van der Waals surface area contributed by atoms with Crippen molar-refractivity contribution >= 4 is 17.3 Å². The molecule has 3 N–H and O–H groups in total. The van der Waals surface area contributed by atoms with E-state index in [1.807, 2.05) is 4.90 Å². The van der Waals surface area contributed by atoms with Crippen LogP contribution in [0.5, 0.6) is 0 Å². The lowest BCUT2D eigenvalue weighted by Crippen LogP contribution is -2.45. The number of hydrogen-bond donors (Lipinski definition) is 2. The van der Waals surface area contributed by atoms with Gasteiger partial charge in [0.1, 0.15) is 0 Å². The second-order valence-corrected chi connectivity index (χ2v) is 4.39. The highest BCUT2D eigenvalue weighted by atomic mass is 16.5. The van der Waals surface area contributed by atoms with Crippen molar-refractivity contribution in [1.29, 1.82) is 5.26 Å². The molecule has 1 aliphatic rings. The molecule has 1 aliphatic heterocycles. The minimum atomic E-state index is -0.446. The van der Waals surface area contributed by atoms with Gasteiger partial charge in [-0.05, 0) is 24.3 Å². The Labute approximate surface area is 111 Å². The number of hydrogen-bond acceptors (Lipinski definition) is 5. The summed E-state index contributed by atoms with van der Waals surface area (Å²) in [5.41, 5.74) is 6.94. The second-order valence-electron chi connectivity index (χ2n) is 4.39. The van der Waals surface area contributed by atoms with Crippen molar-refractivity contribution in [1.82, 2.24) is 4.90 Å². The number of anilines is 2. The van der Waals surface area contributed by atoms with E-state index in [0.29, 0.717) is 31.1 Å². The lowest BCUT2D eigenvalue weighted by Gasteiger charge is -2.28. The molecule has 0 aromatic heterocycles. The number of carbonyl (C=O) groups is 1. The van der Waals surface area contributed by atoms with E-state index >= 15 is 0 Å². The van der Waals surface area contributed by atoms with Gasteiger partial charge in [-0.2, -0.15) is 5.26 Å². The van der Waals surface area contributed by atoms with Gasteiger partial charge in [0.2, 0.25) is 5.91 Å². The van der Waals surface area contributed by atoms with Crippen molar-refractivity contribution in [2.45, 2.75) is 6.10 Å². The van der Waals surface area contributed by atoms with Crippen molar-refractivity contribution in [3.05, 3.63) is 24.3 Å². The van der Waals surface area contributed by atoms with Crippen LogP contribution in [0.25, 0.3) is 0 Å². The summed E-state index contributed by atoms with van der Waals surface area (Å²) in [5.74, 6) is -0.108. The minimum Gasteiger partial charge on any atom is -0.399 e. The maximum atomic E-state index is 11.9. The molecular formula is C13H16N4O2. The first-order valence-corrected chi connectivity index (χ1v) is 6.06. The maximum Gasteiger partial charge on any atom is 0.238 e. The summed E-state index contributed by atoms with van der Waals surface area (Å²) in [6.07, 6.45) is -0.446. The fourth-order valence-corrected chi connectivity index (χ4v) is 1.89. The normalized spacial score (nSPS) is 19.6. The number of nitrogens with zero attached hydrogens (tertiary/aromatic N) is 2. The molecular weight excluding hydrogens is 244 g/mol. The lowest BCUT2D eigenvalue weighted by molar-refractivity contribution is -0.118. The molecule has 1 heterocycles. The van der Waals surface area contributed by atoms with E-state index < -0.39 is 6.10 Å². The van der Waals surface area contributed by atoms with Gasteiger partial charge in [0, 0.05) is 24.5 Å². The Morgan fingerprint density at radius 3 is 2.95 bits per heavy atom. The van der Waals surface area contributed by atoms with Crippen LogP contribution in [0.4, 0.5) is 11.4 Å². The quantitative estimate of drug-likeness (QED) is 0.769. The average Bonchev–Trinajstić information content (AvgIpc) is 2.41. The zero-order valence-electron chi connectivity index (χ0n) is 10.5. The zero-order chi connectivity index (χ0) is 13.7. The summed E-state index contributed by atoms with van der Waals surface area (Å²) >= 11 is 0. The number of amides is 1. The molecule has 1 aromatic carbocycles. The first kappa shape index (κ1) is 13.3. The van der Waals surface area contributed by atoms with Crippen molar-refractivity contribution < 1.29 is 9.53 Å². The molecule has 0 bridgehead atoms. The molecule has 19 heavy (non-hydrogen) atoms. The average molecular weight is 260 g/mol. The Kier molecular flexibility index (Phi) is 4.34. The third-order valence-corrected chi connectivity index (χ3v) is 2.86. The molecule has 1 saturated heterocycles. The monoisotopic (exact) mass is 260 g/mol. The molecule has 1 amide bonds. The van der Waals surface area contributed by atoms with Crippen LogP contribution >= 0.6 is 0 Å². The first-order valence-electron chi connectivity index (χ1n) is 6.06. The summed E-state index contributed by atoms with van der Waals surface area (Å²) in [4.78, 5) is 13.8. The van der Waals surface area contributed by atoms with Gasteiger partial charge in [0.05, 0.1) is 19.2 Å². The zero-order valence-corrected chi connectivity index (χ0v) is 10.5. The van der Waals surface area contributed by atoms with Gasteiger partial charge in [-0.15, -0.1) is 0 Å². The first-order chi connectivity index (χ1) is 9.17. The molecule has 1 fully saturated rings. The molecule has 6 heteroatoms. The van der Waals surface area contributed by atoms with Crippen LogP contribution in [0, 0.1) is 11.3 Å². The van der Waals surface area contributed by atoms with Crippen LogP contribution in [0.15, 0.2) is 24.3 Å². The van der Waals surface area contributed by atoms with Crippen LogP contribution in [-0.4, -0.2) is 43.2 Å². The number of nitriles is 1. The van der Waals surface area contributed by atoms with Crippen molar-refractivity contribution in [3.8, 4) is 6.07 Å². The highest BCUT2D eigenvalue weighted by Crippen LogP contribution is 2.11. The summed E-state index contributed by atoms with van der Waals surface area (Å²) in [6, 6.07) is 9.03. The van der Waals surface area contributed by atoms with Gasteiger partial charge in [-0.25, -0.2) is 0 Å². The Hall–Kier alpha value is -2.10. The van der Waals surface area contributed by atoms with Crippen LogP contribution in [0.2, 0.25) is 0 Å². The van der Waals surface area contributed by atoms with E-state index in [1.165, 1.54) is 0 Å². The SMILES string of the molecule is N#CC1CN(CC(=O)Nc2ccc(N)cc2)CCO1. The van der Waals surface area contributed by atoms with E-state index in [-0.39, 0.29) is 12.5 Å². The maximum absolute atomic E-state index is 11.9. The molecule has 0 aliphatic carbocycles. The van der Waals surface area contributed by atoms with Gasteiger partial charge < -0.3 is 15.8 Å². The van der Waals surface area contributed by atoms with Crippen molar-refractivity contribution in [2.24, 2.45) is 0 Å². The van der Waals surface area contributed by atoms with Gasteiger partial charge >= 0.3 is 0 Å². The number of ether oxygens (including phenoxy) is 1. The van der Waals surface area contributed by atoms with E-state index in [2.05, 4.69) is 11.4 Å². The minimum absolute atomic E-state index is 0.108. The predicted octanol–water partition coefficient (Wildman–Crippen LogP) is 0.432. The number of nitrogen functional groups attached to an aromatic ring is 1.